The average Bonchev–Trinajstić information content (AvgIpc) is 2.81. The number of ether oxygens (including phenoxy) is 2. The number of carbonyl (C=O) groups excluding carboxylic acids is 3. The Balaban J connectivity index is 2.55. The van der Waals surface area contributed by atoms with Gasteiger partial charge in [-0.15, -0.1) is 0 Å². The van der Waals surface area contributed by atoms with E-state index in [1.54, 1.807) is 57.0 Å². The van der Waals surface area contributed by atoms with E-state index in [1.165, 1.54) is 0 Å². The van der Waals surface area contributed by atoms with Crippen molar-refractivity contribution in [3.63, 3.8) is 0 Å². The van der Waals surface area contributed by atoms with Gasteiger partial charge in [0.15, 0.2) is 0 Å². The predicted molar refractivity (Wildman–Crippen MR) is 150 cm³/mol. The van der Waals surface area contributed by atoms with E-state index in [0.717, 1.165) is 16.7 Å². The van der Waals surface area contributed by atoms with Crippen molar-refractivity contribution in [2.75, 3.05) is 12.4 Å². The van der Waals surface area contributed by atoms with Gasteiger partial charge in [-0.05, 0) is 89.8 Å². The lowest BCUT2D eigenvalue weighted by Gasteiger charge is -2.38. The van der Waals surface area contributed by atoms with Crippen LogP contribution in [-0.4, -0.2) is 47.6 Å². The Morgan fingerprint density at radius 2 is 1.53 bits per heavy atom. The van der Waals surface area contributed by atoms with Crippen molar-refractivity contribution in [1.82, 2.24) is 10.2 Å². The van der Waals surface area contributed by atoms with Crippen LogP contribution in [-0.2, 0) is 14.3 Å². The molecule has 0 saturated carbocycles. The highest BCUT2D eigenvalue weighted by Gasteiger charge is 2.39. The molecule has 2 aromatic rings. The summed E-state index contributed by atoms with van der Waals surface area (Å²) in [5, 5.41) is 5.71. The average molecular weight is 526 g/mol. The molecule has 0 radical (unpaired) electrons. The number of nitrogens with one attached hydrogen (secondary N) is 2. The number of amides is 3. The summed E-state index contributed by atoms with van der Waals surface area (Å²) < 4.78 is 10.6. The number of anilines is 1. The highest BCUT2D eigenvalue weighted by Crippen LogP contribution is 2.30. The number of aryl methyl sites for hydroxylation is 2. The van der Waals surface area contributed by atoms with Crippen LogP contribution in [0.25, 0.3) is 0 Å². The van der Waals surface area contributed by atoms with Crippen molar-refractivity contribution in [3.8, 4) is 5.75 Å². The molecule has 208 valence electrons. The quantitative estimate of drug-likeness (QED) is 0.433. The number of methoxy groups -OCH3 is 1. The fraction of sp³-hybridized carbons (Fsp3) is 0.500. The van der Waals surface area contributed by atoms with E-state index in [-0.39, 0.29) is 23.8 Å². The fourth-order valence-corrected chi connectivity index (χ4v) is 4.15. The van der Waals surface area contributed by atoms with Gasteiger partial charge in [0.05, 0.1) is 7.11 Å². The minimum absolute atomic E-state index is 0.250. The number of benzene rings is 2. The first-order valence-corrected chi connectivity index (χ1v) is 13.0. The molecule has 8 nitrogen and oxygen atoms in total. The summed E-state index contributed by atoms with van der Waals surface area (Å²) >= 11 is 0. The summed E-state index contributed by atoms with van der Waals surface area (Å²) in [5.41, 5.74) is 2.43. The maximum atomic E-state index is 14.1. The number of nitrogens with zero attached hydrogens (tertiary/aromatic N) is 1. The van der Waals surface area contributed by atoms with Gasteiger partial charge in [0.2, 0.25) is 5.91 Å². The van der Waals surface area contributed by atoms with Crippen LogP contribution >= 0.6 is 0 Å². The van der Waals surface area contributed by atoms with Crippen LogP contribution in [0.2, 0.25) is 0 Å². The number of hydrogen-bond donors (Lipinski definition) is 2. The van der Waals surface area contributed by atoms with Gasteiger partial charge < -0.3 is 25.0 Å². The second kappa shape index (κ2) is 12.8. The smallest absolute Gasteiger partial charge is 0.408 e. The predicted octanol–water partition coefficient (Wildman–Crippen LogP) is 5.78. The zero-order chi connectivity index (χ0) is 28.8. The third-order valence-electron chi connectivity index (χ3n) is 6.03. The lowest BCUT2D eigenvalue weighted by Crippen LogP contribution is -2.56. The molecule has 2 atom stereocenters. The molecule has 2 unspecified atom stereocenters. The molecule has 0 aliphatic carbocycles. The number of hydrogen-bond acceptors (Lipinski definition) is 5. The molecular weight excluding hydrogens is 482 g/mol. The summed E-state index contributed by atoms with van der Waals surface area (Å²) in [7, 11) is 1.58. The molecule has 0 spiro atoms. The highest BCUT2D eigenvalue weighted by atomic mass is 16.6. The molecule has 0 fully saturated rings. The largest absolute Gasteiger partial charge is 0.497 e. The van der Waals surface area contributed by atoms with Gasteiger partial charge >= 0.3 is 6.09 Å². The van der Waals surface area contributed by atoms with Crippen LogP contribution in [0.3, 0.4) is 0 Å². The Bertz CT molecular complexity index is 1120. The Morgan fingerprint density at radius 1 is 0.921 bits per heavy atom. The van der Waals surface area contributed by atoms with E-state index in [1.807, 2.05) is 59.7 Å². The zero-order valence-electron chi connectivity index (χ0n) is 24.3. The summed E-state index contributed by atoms with van der Waals surface area (Å²) in [6, 6.07) is 10.7. The Hall–Kier alpha value is -3.55. The molecule has 2 aromatic carbocycles. The summed E-state index contributed by atoms with van der Waals surface area (Å²) in [6.45, 7) is 16.6. The van der Waals surface area contributed by atoms with Crippen LogP contribution < -0.4 is 15.4 Å². The van der Waals surface area contributed by atoms with E-state index >= 15 is 0 Å². The van der Waals surface area contributed by atoms with Crippen molar-refractivity contribution in [3.05, 3.63) is 59.2 Å². The van der Waals surface area contributed by atoms with E-state index in [0.29, 0.717) is 11.4 Å². The van der Waals surface area contributed by atoms with Crippen molar-refractivity contribution in [1.29, 1.82) is 0 Å². The Morgan fingerprint density at radius 3 is 2.03 bits per heavy atom. The topological polar surface area (TPSA) is 97.0 Å². The fourth-order valence-electron chi connectivity index (χ4n) is 4.15. The molecule has 8 heteroatoms. The van der Waals surface area contributed by atoms with Gasteiger partial charge in [-0.25, -0.2) is 4.79 Å². The molecule has 0 bridgehead atoms. The first-order valence-electron chi connectivity index (χ1n) is 13.0. The van der Waals surface area contributed by atoms with Crippen molar-refractivity contribution in [2.24, 2.45) is 5.92 Å². The first-order chi connectivity index (χ1) is 17.6. The normalized spacial score (nSPS) is 13.1. The molecular formula is C30H43N3O5. The molecule has 3 amide bonds. The van der Waals surface area contributed by atoms with Gasteiger partial charge in [-0.2, -0.15) is 0 Å². The van der Waals surface area contributed by atoms with Crippen molar-refractivity contribution < 1.29 is 23.9 Å². The molecule has 2 N–H and O–H groups in total. The van der Waals surface area contributed by atoms with Gasteiger partial charge in [0.1, 0.15) is 23.4 Å². The first kappa shape index (κ1) is 30.7. The maximum absolute atomic E-state index is 14.1. The maximum Gasteiger partial charge on any atom is 0.408 e. The highest BCUT2D eigenvalue weighted by molar-refractivity contribution is 5.99. The Labute approximate surface area is 227 Å². The second-order valence-electron chi connectivity index (χ2n) is 11.2. The van der Waals surface area contributed by atoms with E-state index in [4.69, 9.17) is 9.47 Å². The van der Waals surface area contributed by atoms with Gasteiger partial charge in [0, 0.05) is 11.7 Å². The summed E-state index contributed by atoms with van der Waals surface area (Å²) in [4.78, 5) is 42.3. The van der Waals surface area contributed by atoms with Gasteiger partial charge in [0.25, 0.3) is 5.91 Å². The lowest BCUT2D eigenvalue weighted by atomic mass is 9.94. The van der Waals surface area contributed by atoms with E-state index in [9.17, 15) is 14.4 Å². The van der Waals surface area contributed by atoms with Crippen LogP contribution in [0.4, 0.5) is 10.5 Å². The van der Waals surface area contributed by atoms with E-state index in [2.05, 4.69) is 10.6 Å². The molecule has 0 aromatic heterocycles. The monoisotopic (exact) mass is 525 g/mol. The summed E-state index contributed by atoms with van der Waals surface area (Å²) in [5.74, 6) is -0.302. The minimum Gasteiger partial charge on any atom is -0.497 e. The summed E-state index contributed by atoms with van der Waals surface area (Å²) in [6.07, 6.45) is -0.681. The molecule has 0 saturated heterocycles. The SMILES string of the molecule is COc1ccc(NC(=O)C(c2cc(C)ccc2C)N(C(=O)C(NC(=O)OC(C)(C)C)C(C)C)C(C)C)cc1. The van der Waals surface area contributed by atoms with Crippen molar-refractivity contribution in [2.45, 2.75) is 86.0 Å². The van der Waals surface area contributed by atoms with Crippen LogP contribution in [0.5, 0.6) is 5.75 Å². The standard InChI is InChI=1S/C30H43N3O5/c1-18(2)25(32-29(36)38-30(7,8)9)28(35)33(19(3)4)26(24-17-20(5)11-12-21(24)6)27(34)31-22-13-15-23(37-10)16-14-22/h11-19,25-26H,1-10H3,(H,31,34)(H,32,36). The second-order valence-corrected chi connectivity index (χ2v) is 11.2. The van der Waals surface area contributed by atoms with Crippen LogP contribution in [0.1, 0.15) is 71.2 Å². The van der Waals surface area contributed by atoms with Crippen LogP contribution in [0, 0.1) is 19.8 Å². The third kappa shape index (κ3) is 8.23. The van der Waals surface area contributed by atoms with Gasteiger partial charge in [-0.1, -0.05) is 37.6 Å². The molecule has 0 aliphatic heterocycles. The zero-order valence-corrected chi connectivity index (χ0v) is 24.3. The van der Waals surface area contributed by atoms with Crippen LogP contribution in [0.15, 0.2) is 42.5 Å². The molecule has 2 rings (SSSR count). The molecule has 0 heterocycles. The van der Waals surface area contributed by atoms with E-state index < -0.39 is 23.8 Å². The van der Waals surface area contributed by atoms with Crippen molar-refractivity contribution >= 4 is 23.6 Å². The number of rotatable bonds is 9. The third-order valence-corrected chi connectivity index (χ3v) is 6.03. The number of carbonyl (C=O) groups is 3. The Kier molecular flexibility index (Phi) is 10.3. The number of alkyl carbamates (subject to hydrolysis) is 1. The van der Waals surface area contributed by atoms with Gasteiger partial charge in [-0.3, -0.25) is 9.59 Å². The molecule has 38 heavy (non-hydrogen) atoms. The lowest BCUT2D eigenvalue weighted by molar-refractivity contribution is -0.143. The molecule has 0 aliphatic rings. The minimum atomic E-state index is -0.939.